The number of hydrogen-bond acceptors (Lipinski definition) is 3. The van der Waals surface area contributed by atoms with E-state index in [4.69, 9.17) is 0 Å². The molecule has 0 radical (unpaired) electrons. The van der Waals surface area contributed by atoms with Crippen LogP contribution in [0.15, 0.2) is 0 Å². The molecule has 2 atom stereocenters. The number of aliphatic hydroxyl groups is 1. The van der Waals surface area contributed by atoms with Gasteiger partial charge in [-0.1, -0.05) is 6.92 Å². The molecule has 0 aromatic rings. The van der Waals surface area contributed by atoms with E-state index >= 15 is 0 Å². The van der Waals surface area contributed by atoms with E-state index in [1.54, 1.807) is 0 Å². The van der Waals surface area contributed by atoms with Gasteiger partial charge in [-0.15, -0.1) is 0 Å². The fraction of sp³-hybridized carbons (Fsp3) is 1.00. The predicted octanol–water partition coefficient (Wildman–Crippen LogP) is 2.24. The summed E-state index contributed by atoms with van der Waals surface area (Å²) in [4.78, 5) is 0. The lowest BCUT2D eigenvalue weighted by Crippen LogP contribution is -2.17. The topological polar surface area (TPSA) is 20.2 Å². The highest BCUT2D eigenvalue weighted by Gasteiger charge is 2.24. The maximum atomic E-state index is 9.52. The summed E-state index contributed by atoms with van der Waals surface area (Å²) in [7, 11) is 0. The zero-order valence-corrected chi connectivity index (χ0v) is 9.29. The van der Waals surface area contributed by atoms with Crippen LogP contribution in [-0.4, -0.2) is 34.2 Å². The summed E-state index contributed by atoms with van der Waals surface area (Å²) in [6.07, 6.45) is 2.49. The second-order valence-electron chi connectivity index (χ2n) is 3.20. The van der Waals surface area contributed by atoms with Crippen molar-refractivity contribution < 1.29 is 5.11 Å². The first-order valence-electron chi connectivity index (χ1n) is 4.68. The summed E-state index contributed by atoms with van der Waals surface area (Å²) in [5, 5.41) is 9.52. The lowest BCUT2D eigenvalue weighted by atomic mass is 10.0. The van der Waals surface area contributed by atoms with Gasteiger partial charge in [0.05, 0.1) is 6.10 Å². The van der Waals surface area contributed by atoms with Crippen molar-refractivity contribution in [3.05, 3.63) is 0 Å². The Bertz CT molecular complexity index is 119. The zero-order valence-electron chi connectivity index (χ0n) is 7.66. The molecule has 1 saturated heterocycles. The van der Waals surface area contributed by atoms with Gasteiger partial charge in [-0.2, -0.15) is 23.5 Å². The highest BCUT2D eigenvalue weighted by atomic mass is 32.2. The summed E-state index contributed by atoms with van der Waals surface area (Å²) in [6, 6.07) is 0. The molecule has 1 rings (SSSR count). The Balaban J connectivity index is 1.98. The number of hydrogen-bond donors (Lipinski definition) is 1. The fourth-order valence-corrected chi connectivity index (χ4v) is 3.46. The molecular formula is C9H18OS2. The molecule has 1 heterocycles. The fourth-order valence-electron chi connectivity index (χ4n) is 1.45. The molecule has 1 aliphatic heterocycles. The molecule has 1 aliphatic rings. The largest absolute Gasteiger partial charge is 0.392 e. The van der Waals surface area contributed by atoms with Crippen LogP contribution in [0.25, 0.3) is 0 Å². The summed E-state index contributed by atoms with van der Waals surface area (Å²) >= 11 is 3.90. The van der Waals surface area contributed by atoms with Crippen LogP contribution in [0.2, 0.25) is 0 Å². The van der Waals surface area contributed by atoms with Crippen LogP contribution in [0, 0.1) is 5.92 Å². The molecule has 12 heavy (non-hydrogen) atoms. The van der Waals surface area contributed by atoms with E-state index < -0.39 is 0 Å². The minimum absolute atomic E-state index is 0.0124. The molecular weight excluding hydrogens is 188 g/mol. The summed E-state index contributed by atoms with van der Waals surface area (Å²) < 4.78 is 0. The molecule has 2 unspecified atom stereocenters. The van der Waals surface area contributed by atoms with Crippen LogP contribution in [0.1, 0.15) is 19.8 Å². The summed E-state index contributed by atoms with van der Waals surface area (Å²) in [6.45, 7) is 2.20. The Morgan fingerprint density at radius 1 is 1.50 bits per heavy atom. The number of aliphatic hydroxyl groups excluding tert-OH is 1. The van der Waals surface area contributed by atoms with Gasteiger partial charge in [0.2, 0.25) is 0 Å². The van der Waals surface area contributed by atoms with Gasteiger partial charge in [-0.3, -0.25) is 0 Å². The van der Waals surface area contributed by atoms with Crippen molar-refractivity contribution in [2.24, 2.45) is 5.92 Å². The van der Waals surface area contributed by atoms with Crippen molar-refractivity contribution in [3.8, 4) is 0 Å². The SMILES string of the molecule is CCSCCCC1CSCC1O. The lowest BCUT2D eigenvalue weighted by Gasteiger charge is -2.12. The second kappa shape index (κ2) is 6.17. The smallest absolute Gasteiger partial charge is 0.0666 e. The summed E-state index contributed by atoms with van der Waals surface area (Å²) in [5.74, 6) is 5.23. The average molecular weight is 206 g/mol. The molecule has 1 N–H and O–H groups in total. The molecule has 0 saturated carbocycles. The molecule has 0 aromatic heterocycles. The summed E-state index contributed by atoms with van der Waals surface area (Å²) in [5.41, 5.74) is 0. The van der Waals surface area contributed by atoms with Gasteiger partial charge in [0.15, 0.2) is 0 Å². The van der Waals surface area contributed by atoms with Gasteiger partial charge in [-0.05, 0) is 36.0 Å². The predicted molar refractivity (Wildman–Crippen MR) is 59.1 cm³/mol. The Morgan fingerprint density at radius 3 is 2.92 bits per heavy atom. The second-order valence-corrected chi connectivity index (χ2v) is 5.67. The first-order chi connectivity index (χ1) is 5.84. The molecule has 3 heteroatoms. The molecule has 72 valence electrons. The maximum Gasteiger partial charge on any atom is 0.0666 e. The Hall–Kier alpha value is 0.660. The maximum absolute atomic E-state index is 9.52. The first kappa shape index (κ1) is 10.7. The highest BCUT2D eigenvalue weighted by molar-refractivity contribution is 7.99. The van der Waals surface area contributed by atoms with Crippen molar-refractivity contribution in [2.75, 3.05) is 23.0 Å². The van der Waals surface area contributed by atoms with Gasteiger partial charge < -0.3 is 5.11 Å². The average Bonchev–Trinajstić information content (AvgIpc) is 2.46. The normalized spacial score (nSPS) is 29.5. The zero-order chi connectivity index (χ0) is 8.81. The van der Waals surface area contributed by atoms with Crippen molar-refractivity contribution in [3.63, 3.8) is 0 Å². The van der Waals surface area contributed by atoms with Gasteiger partial charge in [0.1, 0.15) is 0 Å². The molecule has 0 amide bonds. The van der Waals surface area contributed by atoms with Crippen LogP contribution >= 0.6 is 23.5 Å². The van der Waals surface area contributed by atoms with Gasteiger partial charge >= 0.3 is 0 Å². The van der Waals surface area contributed by atoms with Crippen LogP contribution in [0.5, 0.6) is 0 Å². The minimum atomic E-state index is -0.0124. The minimum Gasteiger partial charge on any atom is -0.392 e. The molecule has 0 spiro atoms. The van der Waals surface area contributed by atoms with Crippen LogP contribution in [0.4, 0.5) is 0 Å². The van der Waals surface area contributed by atoms with Crippen molar-refractivity contribution in [2.45, 2.75) is 25.9 Å². The van der Waals surface area contributed by atoms with Gasteiger partial charge in [-0.25, -0.2) is 0 Å². The van der Waals surface area contributed by atoms with Crippen molar-refractivity contribution >= 4 is 23.5 Å². The quantitative estimate of drug-likeness (QED) is 0.697. The molecule has 0 aliphatic carbocycles. The van der Waals surface area contributed by atoms with E-state index in [1.165, 1.54) is 30.1 Å². The third-order valence-electron chi connectivity index (χ3n) is 2.23. The number of rotatable bonds is 5. The van der Waals surface area contributed by atoms with Gasteiger partial charge in [0, 0.05) is 5.75 Å². The Labute approximate surface area is 83.7 Å². The van der Waals surface area contributed by atoms with E-state index in [-0.39, 0.29) is 6.10 Å². The third kappa shape index (κ3) is 3.58. The van der Waals surface area contributed by atoms with Crippen LogP contribution in [0.3, 0.4) is 0 Å². The van der Waals surface area contributed by atoms with E-state index in [0.717, 1.165) is 5.75 Å². The lowest BCUT2D eigenvalue weighted by molar-refractivity contribution is 0.144. The van der Waals surface area contributed by atoms with Crippen molar-refractivity contribution in [1.82, 2.24) is 0 Å². The molecule has 0 aromatic carbocycles. The van der Waals surface area contributed by atoms with E-state index in [2.05, 4.69) is 6.92 Å². The molecule has 0 bridgehead atoms. The van der Waals surface area contributed by atoms with E-state index in [0.29, 0.717) is 5.92 Å². The van der Waals surface area contributed by atoms with E-state index in [1.807, 2.05) is 23.5 Å². The number of thioether (sulfide) groups is 2. The van der Waals surface area contributed by atoms with Crippen molar-refractivity contribution in [1.29, 1.82) is 0 Å². The Morgan fingerprint density at radius 2 is 2.33 bits per heavy atom. The molecule has 1 nitrogen and oxygen atoms in total. The Kier molecular flexibility index (Phi) is 5.52. The third-order valence-corrected chi connectivity index (χ3v) is 4.46. The van der Waals surface area contributed by atoms with Crippen LogP contribution in [-0.2, 0) is 0 Å². The van der Waals surface area contributed by atoms with Gasteiger partial charge in [0.25, 0.3) is 0 Å². The highest BCUT2D eigenvalue weighted by Crippen LogP contribution is 2.28. The monoisotopic (exact) mass is 206 g/mol. The van der Waals surface area contributed by atoms with E-state index in [9.17, 15) is 5.11 Å². The molecule has 1 fully saturated rings. The first-order valence-corrected chi connectivity index (χ1v) is 6.99. The standard InChI is InChI=1S/C9H18OS2/c1-2-11-5-3-4-8-6-12-7-9(8)10/h8-10H,2-7H2,1H3. The van der Waals surface area contributed by atoms with Crippen LogP contribution < -0.4 is 0 Å².